The van der Waals surface area contributed by atoms with Gasteiger partial charge >= 0.3 is 0 Å². The van der Waals surface area contributed by atoms with Gasteiger partial charge in [-0.15, -0.1) is 0 Å². The van der Waals surface area contributed by atoms with E-state index in [9.17, 15) is 0 Å². The molecule has 0 amide bonds. The molecule has 0 aliphatic heterocycles. The van der Waals surface area contributed by atoms with Crippen LogP contribution in [0.15, 0.2) is 0 Å². The van der Waals surface area contributed by atoms with Gasteiger partial charge in [0.25, 0.3) is 0 Å². The third-order valence-corrected chi connectivity index (χ3v) is 7.24. The first kappa shape index (κ1) is 86.3. The third-order valence-electron chi connectivity index (χ3n) is 7.24. The van der Waals surface area contributed by atoms with Crippen LogP contribution < -0.4 is 21.3 Å². The van der Waals surface area contributed by atoms with Crippen molar-refractivity contribution in [2.24, 2.45) is 5.41 Å². The summed E-state index contributed by atoms with van der Waals surface area (Å²) in [7, 11) is 0. The molecule has 452 valence electrons. The molecular weight excluding hydrogens is 929 g/mol. The highest BCUT2D eigenvalue weighted by atomic mass is 16.7. The van der Waals surface area contributed by atoms with Crippen LogP contribution in [0.3, 0.4) is 0 Å². The number of ether oxygens (including phenoxy) is 11. The van der Waals surface area contributed by atoms with Crippen LogP contribution >= 0.6 is 0 Å². The van der Waals surface area contributed by atoms with Crippen molar-refractivity contribution in [2.75, 3.05) is 73.5 Å². The summed E-state index contributed by atoms with van der Waals surface area (Å²) in [6, 6.07) is 2.14. The van der Waals surface area contributed by atoms with Crippen molar-refractivity contribution in [3.05, 3.63) is 0 Å². The molecule has 0 saturated heterocycles. The second kappa shape index (κ2) is 52.1. The molecule has 0 rings (SSSR count). The van der Waals surface area contributed by atoms with E-state index in [2.05, 4.69) is 118 Å². The summed E-state index contributed by atoms with van der Waals surface area (Å²) in [5.41, 5.74) is 0.124. The lowest BCUT2D eigenvalue weighted by Crippen LogP contribution is -2.31. The minimum Gasteiger partial charge on any atom is -0.376 e. The van der Waals surface area contributed by atoms with Gasteiger partial charge in [-0.1, -0.05) is 48.5 Å². The van der Waals surface area contributed by atoms with E-state index in [4.69, 9.17) is 52.1 Å². The summed E-state index contributed by atoms with van der Waals surface area (Å²) < 4.78 is 57.9. The minimum absolute atomic E-state index is 0.00133. The minimum atomic E-state index is -0.141. The van der Waals surface area contributed by atoms with E-state index in [1.807, 2.05) is 132 Å². The third kappa shape index (κ3) is 130. The number of hydrogen-bond donors (Lipinski definition) is 4. The van der Waals surface area contributed by atoms with E-state index in [1.54, 1.807) is 0 Å². The zero-order valence-electron chi connectivity index (χ0n) is 55.0. The van der Waals surface area contributed by atoms with Gasteiger partial charge < -0.3 is 62.7 Å². The topological polar surface area (TPSA) is 150 Å². The maximum atomic E-state index is 5.52. The van der Waals surface area contributed by atoms with Crippen LogP contribution in [0.2, 0.25) is 0 Å². The van der Waals surface area contributed by atoms with E-state index < -0.39 is 0 Å². The van der Waals surface area contributed by atoms with Crippen molar-refractivity contribution >= 4 is 0 Å². The number of hydrogen-bond acceptors (Lipinski definition) is 15. The summed E-state index contributed by atoms with van der Waals surface area (Å²) in [5.74, 6) is 0. The summed E-state index contributed by atoms with van der Waals surface area (Å²) >= 11 is 0. The molecule has 15 nitrogen and oxygen atoms in total. The van der Waals surface area contributed by atoms with Gasteiger partial charge in [-0.05, 0) is 185 Å². The van der Waals surface area contributed by atoms with Gasteiger partial charge in [-0.2, -0.15) is 0 Å². The largest absolute Gasteiger partial charge is 0.376 e. The Bertz CT molecular complexity index is 971. The predicted molar refractivity (Wildman–Crippen MR) is 313 cm³/mol. The highest BCUT2D eigenvalue weighted by Crippen LogP contribution is 2.11. The van der Waals surface area contributed by atoms with Crippen molar-refractivity contribution in [3.8, 4) is 0 Å². The van der Waals surface area contributed by atoms with E-state index in [0.717, 1.165) is 19.7 Å². The van der Waals surface area contributed by atoms with Crippen LogP contribution in [0.1, 0.15) is 228 Å². The lowest BCUT2D eigenvalue weighted by Gasteiger charge is -2.20. The van der Waals surface area contributed by atoms with Gasteiger partial charge in [0.2, 0.25) is 0 Å². The van der Waals surface area contributed by atoms with Crippen molar-refractivity contribution in [3.63, 3.8) is 0 Å². The standard InChI is InChI=1S/C9H21NO2.C9H21NO.C9H20O3.C9H20O2.C8H19N.C7H17NO.C7H16O2/c1-8(2)10-6-11-7-12-9(3,4)5;1-8(2)10-6-7-11-9(3,4)5;1-8(2)11-6-10-7-12-9(3,4)5;1-8(2)10-6-7-11-9(3,4)5;1-7(2)9-6-8(3,4)5;2*1-6(2)8-5-9-7(3)4/h8,10H,6-7H2,1-5H3;8,10H,6-7H2,1-5H3;8H,6-7H2,1-5H3;8H,6-7H2,1-5H3;7,9H,6H2,1-5H3;6-8H,5H2,1-4H3;6-7H,5H2,1-4H3. The Morgan fingerprint density at radius 1 is 0.288 bits per heavy atom. The Balaban J connectivity index is -0.000000140. The van der Waals surface area contributed by atoms with Gasteiger partial charge in [0.05, 0.1) is 86.2 Å². The Morgan fingerprint density at radius 2 is 0.616 bits per heavy atom. The quantitative estimate of drug-likeness (QED) is 0.0434. The highest BCUT2D eigenvalue weighted by Gasteiger charge is 2.12. The maximum Gasteiger partial charge on any atom is 0.150 e. The summed E-state index contributed by atoms with van der Waals surface area (Å²) in [6.45, 7) is 74.8. The summed E-state index contributed by atoms with van der Waals surface area (Å²) in [4.78, 5) is 0. The van der Waals surface area contributed by atoms with E-state index in [0.29, 0.717) is 88.8 Å². The molecule has 0 aromatic heterocycles. The second-order valence-corrected chi connectivity index (χ2v) is 25.3. The molecule has 0 aliphatic carbocycles. The van der Waals surface area contributed by atoms with Crippen molar-refractivity contribution < 1.29 is 52.1 Å². The Labute approximate surface area is 456 Å². The van der Waals surface area contributed by atoms with Crippen LogP contribution in [0.5, 0.6) is 0 Å². The molecule has 0 aromatic carbocycles. The molecule has 0 aliphatic rings. The molecule has 0 saturated carbocycles. The Kier molecular flexibility index (Phi) is 61.6. The monoisotopic (exact) mass is 1060 g/mol. The molecule has 0 heterocycles. The van der Waals surface area contributed by atoms with Gasteiger partial charge in [0.15, 0.2) is 0 Å². The first-order valence-corrected chi connectivity index (χ1v) is 27.6. The van der Waals surface area contributed by atoms with Gasteiger partial charge in [0.1, 0.15) is 27.2 Å². The summed E-state index contributed by atoms with van der Waals surface area (Å²) in [6.07, 6.45) is 1.38. The van der Waals surface area contributed by atoms with E-state index in [-0.39, 0.29) is 47.5 Å². The second-order valence-electron chi connectivity index (χ2n) is 25.3. The van der Waals surface area contributed by atoms with Gasteiger partial charge in [-0.25, -0.2) is 0 Å². The van der Waals surface area contributed by atoms with Crippen LogP contribution in [0, 0.1) is 5.41 Å². The van der Waals surface area contributed by atoms with Gasteiger partial charge in [-0.3, -0.25) is 10.6 Å². The molecule has 4 N–H and O–H groups in total. The molecule has 73 heavy (non-hydrogen) atoms. The molecule has 0 atom stereocenters. The molecule has 0 unspecified atom stereocenters. The molecule has 15 heteroatoms. The molecule has 0 radical (unpaired) electrons. The maximum absolute atomic E-state index is 5.52. The van der Waals surface area contributed by atoms with Crippen LogP contribution in [-0.2, 0) is 52.1 Å². The van der Waals surface area contributed by atoms with Crippen LogP contribution in [-0.4, -0.2) is 151 Å². The van der Waals surface area contributed by atoms with Crippen molar-refractivity contribution in [2.45, 2.75) is 306 Å². The molecule has 0 bridgehead atoms. The van der Waals surface area contributed by atoms with Crippen molar-refractivity contribution in [1.82, 2.24) is 21.3 Å². The van der Waals surface area contributed by atoms with Gasteiger partial charge in [0, 0.05) is 37.3 Å². The highest BCUT2D eigenvalue weighted by molar-refractivity contribution is 4.66. The average Bonchev–Trinajstić information content (AvgIpc) is 3.16. The predicted octanol–water partition coefficient (Wildman–Crippen LogP) is 13.1. The average molecular weight is 1060 g/mol. The Hall–Kier alpha value is -0.600. The van der Waals surface area contributed by atoms with E-state index >= 15 is 0 Å². The number of rotatable bonds is 28. The van der Waals surface area contributed by atoms with Crippen LogP contribution in [0.25, 0.3) is 0 Å². The molecule has 0 spiro atoms. The smallest absolute Gasteiger partial charge is 0.150 e. The SMILES string of the molecule is CC(C)NCC(C)(C)C.CC(C)NCCOC(C)(C)C.CC(C)NCOC(C)C.CC(C)NCOCOC(C)(C)C.CC(C)OCCOC(C)(C)C.CC(C)OCOC(C)C.CC(C)OCOCOC(C)(C)C. The summed E-state index contributed by atoms with van der Waals surface area (Å²) in [5, 5.41) is 13.0. The number of nitrogens with one attached hydrogen (secondary N) is 4. The zero-order chi connectivity index (χ0) is 59.1. The molecular formula is C58H134N4O11. The first-order valence-electron chi connectivity index (χ1n) is 27.6. The first-order chi connectivity index (χ1) is 32.8. The fourth-order valence-corrected chi connectivity index (χ4v) is 3.46. The molecule has 0 aromatic rings. The molecule has 0 fully saturated rings. The normalized spacial score (nSPS) is 12.2. The Morgan fingerprint density at radius 3 is 0.932 bits per heavy atom. The van der Waals surface area contributed by atoms with Crippen molar-refractivity contribution in [1.29, 1.82) is 0 Å². The van der Waals surface area contributed by atoms with E-state index in [1.165, 1.54) is 0 Å². The lowest BCUT2D eigenvalue weighted by atomic mass is 9.97. The zero-order valence-corrected chi connectivity index (χ0v) is 55.0. The van der Waals surface area contributed by atoms with Crippen LogP contribution in [0.4, 0.5) is 0 Å². The fraction of sp³-hybridized carbons (Fsp3) is 1.00. The lowest BCUT2D eigenvalue weighted by molar-refractivity contribution is -0.175. The fourth-order valence-electron chi connectivity index (χ4n) is 3.46.